The van der Waals surface area contributed by atoms with Gasteiger partial charge in [0.1, 0.15) is 15.7 Å². The van der Waals surface area contributed by atoms with Crippen LogP contribution in [0.2, 0.25) is 0 Å². The van der Waals surface area contributed by atoms with Crippen LogP contribution in [0.25, 0.3) is 0 Å². The first-order valence-electron chi connectivity index (χ1n) is 7.59. The Labute approximate surface area is 150 Å². The van der Waals surface area contributed by atoms with Crippen molar-refractivity contribution >= 4 is 32.4 Å². The number of thiazole rings is 1. The molecule has 0 spiro atoms. The number of aromatic nitrogens is 2. The molecule has 0 fully saturated rings. The largest absolute Gasteiger partial charge is 0.447 e. The molecule has 138 valence electrons. The molecule has 1 amide bonds. The van der Waals surface area contributed by atoms with Gasteiger partial charge in [0.2, 0.25) is 5.89 Å². The molecular formula is C15H21N3O5S2. The first-order chi connectivity index (χ1) is 11.5. The van der Waals surface area contributed by atoms with Gasteiger partial charge in [0, 0.05) is 5.41 Å². The van der Waals surface area contributed by atoms with Gasteiger partial charge >= 0.3 is 6.09 Å². The van der Waals surface area contributed by atoms with Crippen molar-refractivity contribution in [1.29, 1.82) is 0 Å². The number of oxazole rings is 1. The van der Waals surface area contributed by atoms with Crippen molar-refractivity contribution in [3.63, 3.8) is 0 Å². The summed E-state index contributed by atoms with van der Waals surface area (Å²) in [7, 11) is -3.68. The summed E-state index contributed by atoms with van der Waals surface area (Å²) in [5.41, 5.74) is -0.257. The van der Waals surface area contributed by atoms with Crippen LogP contribution in [-0.4, -0.2) is 30.6 Å². The highest BCUT2D eigenvalue weighted by atomic mass is 32.2. The van der Waals surface area contributed by atoms with E-state index in [1.165, 1.54) is 12.4 Å². The number of rotatable bonds is 5. The van der Waals surface area contributed by atoms with Crippen molar-refractivity contribution in [2.75, 3.05) is 5.32 Å². The average molecular weight is 387 g/mol. The van der Waals surface area contributed by atoms with Gasteiger partial charge < -0.3 is 9.15 Å². The van der Waals surface area contributed by atoms with Gasteiger partial charge in [-0.05, 0) is 13.8 Å². The van der Waals surface area contributed by atoms with Gasteiger partial charge in [-0.15, -0.1) is 0 Å². The van der Waals surface area contributed by atoms with Crippen LogP contribution in [0, 0.1) is 0 Å². The fraction of sp³-hybridized carbons (Fsp3) is 0.533. The van der Waals surface area contributed by atoms with Crippen LogP contribution in [0.15, 0.2) is 21.0 Å². The van der Waals surface area contributed by atoms with Gasteiger partial charge in [-0.25, -0.2) is 23.2 Å². The Kier molecular flexibility index (Phi) is 5.52. The lowest BCUT2D eigenvalue weighted by atomic mass is 9.94. The maximum atomic E-state index is 12.5. The van der Waals surface area contributed by atoms with Crippen molar-refractivity contribution in [2.45, 2.75) is 56.1 Å². The third-order valence-corrected chi connectivity index (χ3v) is 6.01. The van der Waals surface area contributed by atoms with Crippen LogP contribution in [-0.2, 0) is 25.7 Å². The van der Waals surface area contributed by atoms with Crippen LogP contribution in [0.1, 0.15) is 46.3 Å². The predicted octanol–water partition coefficient (Wildman–Crippen LogP) is 3.36. The number of nitrogens with one attached hydrogen (secondary N) is 1. The summed E-state index contributed by atoms with van der Waals surface area (Å²) in [6.07, 6.45) is 1.76. The van der Waals surface area contributed by atoms with Crippen molar-refractivity contribution in [3.05, 3.63) is 24.0 Å². The molecule has 0 aliphatic rings. The van der Waals surface area contributed by atoms with Gasteiger partial charge in [-0.3, -0.25) is 5.32 Å². The second kappa shape index (κ2) is 7.12. The SMILES string of the molecule is CC(C)OC(=O)Nc1ncc(S(=O)(=O)Cc2ncc(C(C)(C)C)o2)s1. The van der Waals surface area contributed by atoms with Crippen LogP contribution < -0.4 is 5.32 Å². The van der Waals surface area contributed by atoms with E-state index in [0.717, 1.165) is 11.3 Å². The average Bonchev–Trinajstić information content (AvgIpc) is 3.06. The highest BCUT2D eigenvalue weighted by Gasteiger charge is 2.25. The van der Waals surface area contributed by atoms with Crippen molar-refractivity contribution in [3.8, 4) is 0 Å². The van der Waals surface area contributed by atoms with Gasteiger partial charge in [0.15, 0.2) is 15.0 Å². The normalized spacial score (nSPS) is 12.4. The number of anilines is 1. The molecule has 0 unspecified atom stereocenters. The maximum absolute atomic E-state index is 12.5. The fourth-order valence-electron chi connectivity index (χ4n) is 1.75. The molecule has 2 heterocycles. The van der Waals surface area contributed by atoms with Crippen LogP contribution in [0.4, 0.5) is 9.93 Å². The summed E-state index contributed by atoms with van der Waals surface area (Å²) in [4.78, 5) is 19.5. The summed E-state index contributed by atoms with van der Waals surface area (Å²) in [5.74, 6) is 0.356. The van der Waals surface area contributed by atoms with E-state index in [1.807, 2.05) is 20.8 Å². The molecule has 2 aromatic heterocycles. The van der Waals surface area contributed by atoms with Crippen molar-refractivity contribution in [1.82, 2.24) is 9.97 Å². The molecule has 2 rings (SSSR count). The smallest absolute Gasteiger partial charge is 0.413 e. The van der Waals surface area contributed by atoms with E-state index in [1.54, 1.807) is 13.8 Å². The number of nitrogens with zero attached hydrogens (tertiary/aromatic N) is 2. The van der Waals surface area contributed by atoms with Gasteiger partial charge in [0.25, 0.3) is 0 Å². The molecule has 0 aromatic carbocycles. The molecule has 1 N–H and O–H groups in total. The Morgan fingerprint density at radius 2 is 2.00 bits per heavy atom. The Hall–Kier alpha value is -1.94. The van der Waals surface area contributed by atoms with E-state index in [2.05, 4.69) is 15.3 Å². The first kappa shape index (κ1) is 19.4. The molecule has 0 aliphatic heterocycles. The lowest BCUT2D eigenvalue weighted by molar-refractivity contribution is 0.130. The topological polar surface area (TPSA) is 111 Å². The molecule has 0 bridgehead atoms. The Bertz CT molecular complexity index is 847. The molecule has 0 saturated heterocycles. The zero-order chi connectivity index (χ0) is 18.8. The van der Waals surface area contributed by atoms with E-state index in [0.29, 0.717) is 5.76 Å². The molecule has 0 aliphatic carbocycles. The summed E-state index contributed by atoms with van der Waals surface area (Å²) in [6, 6.07) is 0. The van der Waals surface area contributed by atoms with E-state index in [4.69, 9.17) is 9.15 Å². The minimum atomic E-state index is -3.68. The van der Waals surface area contributed by atoms with E-state index in [9.17, 15) is 13.2 Å². The van der Waals surface area contributed by atoms with Gasteiger partial charge in [-0.1, -0.05) is 32.1 Å². The zero-order valence-corrected chi connectivity index (χ0v) is 16.3. The number of hydrogen-bond donors (Lipinski definition) is 1. The molecule has 8 nitrogen and oxygen atoms in total. The number of carbonyl (C=O) groups is 1. The summed E-state index contributed by atoms with van der Waals surface area (Å²) in [6.45, 7) is 9.26. The van der Waals surface area contributed by atoms with Crippen LogP contribution >= 0.6 is 11.3 Å². The summed E-state index contributed by atoms with van der Waals surface area (Å²) >= 11 is 0.846. The zero-order valence-electron chi connectivity index (χ0n) is 14.7. The Balaban J connectivity index is 2.10. The third kappa shape index (κ3) is 5.27. The lowest BCUT2D eigenvalue weighted by Gasteiger charge is -2.13. The van der Waals surface area contributed by atoms with E-state index >= 15 is 0 Å². The quantitative estimate of drug-likeness (QED) is 0.837. The minimum absolute atomic E-state index is 0.0165. The number of amides is 1. The van der Waals surface area contributed by atoms with E-state index < -0.39 is 15.9 Å². The Morgan fingerprint density at radius 1 is 1.32 bits per heavy atom. The third-order valence-electron chi connectivity index (χ3n) is 2.95. The van der Waals surface area contributed by atoms with Gasteiger partial charge in [-0.2, -0.15) is 0 Å². The van der Waals surface area contributed by atoms with Crippen molar-refractivity contribution < 1.29 is 22.4 Å². The Morgan fingerprint density at radius 3 is 2.56 bits per heavy atom. The standard InChI is InChI=1S/C15H21N3O5S2/c1-9(2)22-14(19)18-13-17-7-12(24-13)25(20,21)8-11-16-6-10(23-11)15(3,4)5/h6-7,9H,8H2,1-5H3,(H,17,18,19). The molecular weight excluding hydrogens is 366 g/mol. The predicted molar refractivity (Wildman–Crippen MR) is 93.4 cm³/mol. The molecule has 2 aromatic rings. The number of carbonyl (C=O) groups excluding carboxylic acids is 1. The monoisotopic (exact) mass is 387 g/mol. The fourth-order valence-corrected chi connectivity index (χ4v) is 4.02. The molecule has 10 heteroatoms. The lowest BCUT2D eigenvalue weighted by Crippen LogP contribution is -2.17. The van der Waals surface area contributed by atoms with Crippen molar-refractivity contribution in [2.24, 2.45) is 0 Å². The highest BCUT2D eigenvalue weighted by molar-refractivity contribution is 7.92. The minimum Gasteiger partial charge on any atom is -0.447 e. The molecule has 0 atom stereocenters. The van der Waals surface area contributed by atoms with Gasteiger partial charge in [0.05, 0.1) is 18.5 Å². The second-order valence-corrected chi connectivity index (χ2v) is 9.94. The second-order valence-electron chi connectivity index (χ2n) is 6.69. The number of hydrogen-bond acceptors (Lipinski definition) is 8. The van der Waals surface area contributed by atoms with E-state index in [-0.39, 0.29) is 32.5 Å². The molecule has 0 radical (unpaired) electrons. The number of sulfone groups is 1. The number of ether oxygens (including phenoxy) is 1. The maximum Gasteiger partial charge on any atom is 0.413 e. The van der Waals surface area contributed by atoms with Crippen LogP contribution in [0.3, 0.4) is 0 Å². The molecule has 25 heavy (non-hydrogen) atoms. The highest BCUT2D eigenvalue weighted by Crippen LogP contribution is 2.28. The summed E-state index contributed by atoms with van der Waals surface area (Å²) in [5, 5.41) is 2.54. The molecule has 0 saturated carbocycles. The summed E-state index contributed by atoms with van der Waals surface area (Å²) < 4.78 is 35.4. The van der Waals surface area contributed by atoms with Crippen LogP contribution in [0.5, 0.6) is 0 Å². The first-order valence-corrected chi connectivity index (χ1v) is 10.1.